The molecule has 6 heteroatoms. The first-order valence-electron chi connectivity index (χ1n) is 5.82. The average Bonchev–Trinajstić information content (AvgIpc) is 2.35. The van der Waals surface area contributed by atoms with Gasteiger partial charge in [-0.05, 0) is 25.0 Å². The summed E-state index contributed by atoms with van der Waals surface area (Å²) >= 11 is 0. The highest BCUT2D eigenvalue weighted by molar-refractivity contribution is 7.89. The van der Waals surface area contributed by atoms with Crippen LogP contribution in [0.1, 0.15) is 18.9 Å². The quantitative estimate of drug-likeness (QED) is 0.791. The Morgan fingerprint density at radius 1 is 1.39 bits per heavy atom. The predicted octanol–water partition coefficient (Wildman–Crippen LogP) is 0.537. The fraction of sp³-hybridized carbons (Fsp3) is 0.500. The van der Waals surface area contributed by atoms with Crippen molar-refractivity contribution >= 4 is 10.0 Å². The van der Waals surface area contributed by atoms with Crippen LogP contribution in [0.25, 0.3) is 0 Å². The highest BCUT2D eigenvalue weighted by Gasteiger charge is 2.23. The van der Waals surface area contributed by atoms with Crippen molar-refractivity contribution in [2.75, 3.05) is 13.6 Å². The van der Waals surface area contributed by atoms with Gasteiger partial charge in [0, 0.05) is 20.1 Å². The minimum atomic E-state index is -3.54. The lowest BCUT2D eigenvalue weighted by Gasteiger charge is -2.19. The zero-order valence-electron chi connectivity index (χ0n) is 10.7. The lowest BCUT2D eigenvalue weighted by molar-refractivity contribution is 0.177. The molecule has 0 heterocycles. The van der Waals surface area contributed by atoms with E-state index in [9.17, 15) is 13.5 Å². The maximum Gasteiger partial charge on any atom is 0.243 e. The monoisotopic (exact) mass is 272 g/mol. The van der Waals surface area contributed by atoms with Gasteiger partial charge in [0.15, 0.2) is 0 Å². The van der Waals surface area contributed by atoms with Crippen LogP contribution < -0.4 is 5.73 Å². The summed E-state index contributed by atoms with van der Waals surface area (Å²) in [5.41, 5.74) is 6.15. The van der Waals surface area contributed by atoms with Crippen LogP contribution in [0.4, 0.5) is 0 Å². The molecule has 5 nitrogen and oxygen atoms in total. The first kappa shape index (κ1) is 15.1. The van der Waals surface area contributed by atoms with Crippen molar-refractivity contribution in [2.45, 2.75) is 30.9 Å². The summed E-state index contributed by atoms with van der Waals surface area (Å²) in [7, 11) is -2.03. The lowest BCUT2D eigenvalue weighted by atomic mass is 10.2. The number of sulfonamides is 1. The molecule has 0 saturated carbocycles. The van der Waals surface area contributed by atoms with E-state index in [4.69, 9.17) is 5.73 Å². The first-order chi connectivity index (χ1) is 8.39. The van der Waals surface area contributed by atoms with Crippen LogP contribution in [-0.4, -0.2) is 37.5 Å². The Balaban J connectivity index is 2.98. The molecule has 0 aromatic heterocycles. The number of benzene rings is 1. The number of rotatable bonds is 6. The smallest absolute Gasteiger partial charge is 0.243 e. The van der Waals surface area contributed by atoms with Crippen molar-refractivity contribution in [3.63, 3.8) is 0 Å². The highest BCUT2D eigenvalue weighted by Crippen LogP contribution is 2.19. The van der Waals surface area contributed by atoms with E-state index >= 15 is 0 Å². The molecule has 0 bridgehead atoms. The van der Waals surface area contributed by atoms with Gasteiger partial charge in [-0.3, -0.25) is 0 Å². The van der Waals surface area contributed by atoms with Crippen LogP contribution in [0.15, 0.2) is 29.2 Å². The van der Waals surface area contributed by atoms with Crippen LogP contribution >= 0.6 is 0 Å². The minimum absolute atomic E-state index is 0.180. The van der Waals surface area contributed by atoms with E-state index in [1.165, 1.54) is 11.4 Å². The summed E-state index contributed by atoms with van der Waals surface area (Å²) < 4.78 is 25.9. The SMILES string of the molecule is CC(O)CCN(C)S(=O)(=O)c1ccccc1CN. The third kappa shape index (κ3) is 3.52. The largest absolute Gasteiger partial charge is 0.393 e. The molecule has 1 unspecified atom stereocenters. The number of nitrogens with two attached hydrogens (primary N) is 1. The van der Waals surface area contributed by atoms with E-state index in [0.29, 0.717) is 12.0 Å². The van der Waals surface area contributed by atoms with E-state index < -0.39 is 16.1 Å². The van der Waals surface area contributed by atoms with Crippen molar-refractivity contribution in [1.82, 2.24) is 4.31 Å². The number of aliphatic hydroxyl groups excluding tert-OH is 1. The highest BCUT2D eigenvalue weighted by atomic mass is 32.2. The molecule has 0 aliphatic heterocycles. The molecule has 0 saturated heterocycles. The molecular formula is C12H20N2O3S. The van der Waals surface area contributed by atoms with Gasteiger partial charge in [0.05, 0.1) is 11.0 Å². The zero-order valence-corrected chi connectivity index (χ0v) is 11.5. The molecule has 0 aliphatic rings. The van der Waals surface area contributed by atoms with Gasteiger partial charge < -0.3 is 10.8 Å². The van der Waals surface area contributed by atoms with Gasteiger partial charge in [-0.25, -0.2) is 12.7 Å². The maximum absolute atomic E-state index is 12.3. The van der Waals surface area contributed by atoms with Crippen LogP contribution in [0.5, 0.6) is 0 Å². The van der Waals surface area contributed by atoms with E-state index in [-0.39, 0.29) is 18.0 Å². The van der Waals surface area contributed by atoms with Crippen molar-refractivity contribution in [2.24, 2.45) is 5.73 Å². The molecule has 1 aromatic rings. The van der Waals surface area contributed by atoms with Crippen molar-refractivity contribution in [3.8, 4) is 0 Å². The molecule has 0 fully saturated rings. The topological polar surface area (TPSA) is 83.6 Å². The standard InChI is InChI=1S/C12H20N2O3S/c1-10(15)7-8-14(2)18(16,17)12-6-4-3-5-11(12)9-13/h3-6,10,15H,7-9,13H2,1-2H3. The molecular weight excluding hydrogens is 252 g/mol. The van der Waals surface area contributed by atoms with Crippen LogP contribution in [0, 0.1) is 0 Å². The lowest BCUT2D eigenvalue weighted by Crippen LogP contribution is -2.30. The molecule has 0 amide bonds. The summed E-state index contributed by atoms with van der Waals surface area (Å²) in [5.74, 6) is 0. The third-order valence-corrected chi connectivity index (χ3v) is 4.70. The molecule has 18 heavy (non-hydrogen) atoms. The van der Waals surface area contributed by atoms with E-state index in [1.54, 1.807) is 31.2 Å². The maximum atomic E-state index is 12.3. The molecule has 1 rings (SSSR count). The van der Waals surface area contributed by atoms with Crippen molar-refractivity contribution in [1.29, 1.82) is 0 Å². The average molecular weight is 272 g/mol. The molecule has 102 valence electrons. The van der Waals surface area contributed by atoms with Crippen LogP contribution in [0.2, 0.25) is 0 Å². The van der Waals surface area contributed by atoms with Crippen LogP contribution in [0.3, 0.4) is 0 Å². The van der Waals surface area contributed by atoms with Gasteiger partial charge in [-0.15, -0.1) is 0 Å². The van der Waals surface area contributed by atoms with Crippen molar-refractivity contribution in [3.05, 3.63) is 29.8 Å². The van der Waals surface area contributed by atoms with E-state index in [0.717, 1.165) is 0 Å². The number of nitrogens with zero attached hydrogens (tertiary/aromatic N) is 1. The van der Waals surface area contributed by atoms with Crippen LogP contribution in [-0.2, 0) is 16.6 Å². The minimum Gasteiger partial charge on any atom is -0.393 e. The number of aliphatic hydroxyl groups is 1. The Bertz CT molecular complexity index is 486. The summed E-state index contributed by atoms with van der Waals surface area (Å²) in [6.45, 7) is 2.09. The van der Waals surface area contributed by atoms with E-state index in [2.05, 4.69) is 0 Å². The van der Waals surface area contributed by atoms with E-state index in [1.807, 2.05) is 0 Å². The Morgan fingerprint density at radius 2 is 2.00 bits per heavy atom. The molecule has 0 aliphatic carbocycles. The molecule has 0 spiro atoms. The first-order valence-corrected chi connectivity index (χ1v) is 7.26. The molecule has 0 radical (unpaired) electrons. The van der Waals surface area contributed by atoms with Gasteiger partial charge in [0.2, 0.25) is 10.0 Å². The second-order valence-electron chi connectivity index (χ2n) is 4.28. The fourth-order valence-electron chi connectivity index (χ4n) is 1.58. The van der Waals surface area contributed by atoms with Crippen molar-refractivity contribution < 1.29 is 13.5 Å². The Kier molecular flexibility index (Phi) is 5.28. The molecule has 3 N–H and O–H groups in total. The number of hydrogen-bond donors (Lipinski definition) is 2. The second-order valence-corrected chi connectivity index (χ2v) is 6.29. The Morgan fingerprint density at radius 3 is 2.56 bits per heavy atom. The van der Waals surface area contributed by atoms with Gasteiger partial charge in [-0.1, -0.05) is 18.2 Å². The number of hydrogen-bond acceptors (Lipinski definition) is 4. The second kappa shape index (κ2) is 6.29. The fourth-order valence-corrected chi connectivity index (χ4v) is 3.00. The molecule has 1 atom stereocenters. The summed E-state index contributed by atoms with van der Waals surface area (Å²) in [6, 6.07) is 6.69. The predicted molar refractivity (Wildman–Crippen MR) is 70.4 cm³/mol. The van der Waals surface area contributed by atoms with Gasteiger partial charge >= 0.3 is 0 Å². The third-order valence-electron chi connectivity index (χ3n) is 2.74. The summed E-state index contributed by atoms with van der Waals surface area (Å²) in [4.78, 5) is 0.237. The van der Waals surface area contributed by atoms with Gasteiger partial charge in [0.1, 0.15) is 0 Å². The summed E-state index contributed by atoms with van der Waals surface area (Å²) in [5, 5.41) is 9.20. The summed E-state index contributed by atoms with van der Waals surface area (Å²) in [6.07, 6.45) is -0.118. The van der Waals surface area contributed by atoms with Gasteiger partial charge in [-0.2, -0.15) is 0 Å². The zero-order chi connectivity index (χ0) is 13.8. The Hall–Kier alpha value is -0.950. The Labute approximate surface area is 108 Å². The van der Waals surface area contributed by atoms with Gasteiger partial charge in [0.25, 0.3) is 0 Å². The normalized spacial score (nSPS) is 13.8. The molecule has 1 aromatic carbocycles.